The van der Waals surface area contributed by atoms with Gasteiger partial charge < -0.3 is 29.9 Å². The molecule has 1 aromatic carbocycles. The summed E-state index contributed by atoms with van der Waals surface area (Å²) >= 11 is 0. The van der Waals surface area contributed by atoms with E-state index in [0.717, 1.165) is 76.1 Å². The standard InChI is InChI=1S/C36H50FN5O5/c1-36(2,3)24-32(43)40-17-12-25(13-18-40)14-21-47-31-11-9-27(22-29(31)37)30(23-33(44)45)42-20-19-41(35(42)46)16-5-7-28-10-8-26-6-4-15-38-34(26)39-28/h8-11,22,25,30H,4-7,12-21,23-24H2,1-3H3,(H,38,39)(H,44,45)/t30-/m0/s1. The van der Waals surface area contributed by atoms with Crippen molar-refractivity contribution in [3.8, 4) is 5.75 Å². The maximum absolute atomic E-state index is 15.2. The molecule has 3 amide bonds. The van der Waals surface area contributed by atoms with E-state index in [4.69, 9.17) is 9.72 Å². The fourth-order valence-corrected chi connectivity index (χ4v) is 6.84. The van der Waals surface area contributed by atoms with Crippen LogP contribution in [0, 0.1) is 17.2 Å². The number of carboxylic acids is 1. The zero-order valence-electron chi connectivity index (χ0n) is 28.1. The number of hydrogen-bond acceptors (Lipinski definition) is 6. The third-order valence-corrected chi connectivity index (χ3v) is 9.46. The van der Waals surface area contributed by atoms with Gasteiger partial charge in [-0.1, -0.05) is 32.9 Å². The zero-order valence-corrected chi connectivity index (χ0v) is 28.1. The first-order valence-corrected chi connectivity index (χ1v) is 17.2. The number of aromatic nitrogens is 1. The molecule has 0 saturated carbocycles. The molecule has 5 rings (SSSR count). The zero-order chi connectivity index (χ0) is 33.6. The average molecular weight is 652 g/mol. The van der Waals surface area contributed by atoms with Crippen LogP contribution in [0.15, 0.2) is 30.3 Å². The van der Waals surface area contributed by atoms with E-state index in [9.17, 15) is 19.5 Å². The molecule has 2 saturated heterocycles. The van der Waals surface area contributed by atoms with Gasteiger partial charge in [-0.3, -0.25) is 9.59 Å². The normalized spacial score (nSPS) is 17.8. The summed E-state index contributed by atoms with van der Waals surface area (Å²) in [5.41, 5.74) is 2.63. The van der Waals surface area contributed by atoms with Gasteiger partial charge in [-0.05, 0) is 85.6 Å². The van der Waals surface area contributed by atoms with Crippen molar-refractivity contribution >= 4 is 23.7 Å². The SMILES string of the molecule is CC(C)(C)CC(=O)N1CCC(CCOc2ccc([C@H](CC(=O)O)N3CCN(CCCc4ccc5c(n4)NCCC5)C3=O)cc2F)CC1. The topological polar surface area (TPSA) is 115 Å². The number of anilines is 1. The molecular weight excluding hydrogens is 601 g/mol. The minimum absolute atomic E-state index is 0.0296. The molecule has 4 heterocycles. The van der Waals surface area contributed by atoms with Gasteiger partial charge in [-0.15, -0.1) is 0 Å². The van der Waals surface area contributed by atoms with E-state index in [-0.39, 0.29) is 29.5 Å². The number of nitrogens with zero attached hydrogens (tertiary/aromatic N) is 4. The van der Waals surface area contributed by atoms with Crippen LogP contribution >= 0.6 is 0 Å². The van der Waals surface area contributed by atoms with Crippen LogP contribution < -0.4 is 10.1 Å². The number of aliphatic carboxylic acids is 1. The van der Waals surface area contributed by atoms with Crippen LogP contribution in [0.25, 0.3) is 0 Å². The minimum atomic E-state index is -1.06. The molecule has 2 N–H and O–H groups in total. The first kappa shape index (κ1) is 34.4. The molecule has 256 valence electrons. The number of carbonyl (C=O) groups excluding carboxylic acids is 2. The Hall–Kier alpha value is -3.89. The van der Waals surface area contributed by atoms with E-state index in [0.29, 0.717) is 44.1 Å². The molecule has 2 fully saturated rings. The van der Waals surface area contributed by atoms with Crippen molar-refractivity contribution in [1.82, 2.24) is 19.7 Å². The maximum Gasteiger partial charge on any atom is 0.320 e. The van der Waals surface area contributed by atoms with Gasteiger partial charge in [0.2, 0.25) is 5.91 Å². The van der Waals surface area contributed by atoms with Crippen molar-refractivity contribution in [3.63, 3.8) is 0 Å². The summed E-state index contributed by atoms with van der Waals surface area (Å²) in [5, 5.41) is 13.0. The Labute approximate surface area is 277 Å². The van der Waals surface area contributed by atoms with Gasteiger partial charge in [-0.2, -0.15) is 0 Å². The van der Waals surface area contributed by atoms with Gasteiger partial charge >= 0.3 is 12.0 Å². The van der Waals surface area contributed by atoms with Crippen LogP contribution in [0.4, 0.5) is 15.0 Å². The first-order chi connectivity index (χ1) is 22.5. The number of ether oxygens (including phenoxy) is 1. The quantitative estimate of drug-likeness (QED) is 0.277. The number of carboxylic acid groups (broad SMARTS) is 1. The smallest absolute Gasteiger partial charge is 0.320 e. The molecule has 0 aliphatic carbocycles. The molecule has 10 nitrogen and oxygen atoms in total. The predicted octanol–water partition coefficient (Wildman–Crippen LogP) is 5.91. The number of amides is 3. The summed E-state index contributed by atoms with van der Waals surface area (Å²) in [6.45, 7) is 10.4. The summed E-state index contributed by atoms with van der Waals surface area (Å²) in [5.74, 6) is 0.0533. The number of hydrogen-bond donors (Lipinski definition) is 2. The highest BCUT2D eigenvalue weighted by Gasteiger charge is 2.36. The van der Waals surface area contributed by atoms with E-state index in [2.05, 4.69) is 38.2 Å². The lowest BCUT2D eigenvalue weighted by Gasteiger charge is -2.33. The summed E-state index contributed by atoms with van der Waals surface area (Å²) in [7, 11) is 0. The molecule has 3 aliphatic heterocycles. The Balaban J connectivity index is 1.11. The molecule has 2 aromatic rings. The molecule has 3 aliphatic rings. The van der Waals surface area contributed by atoms with Crippen LogP contribution in [0.2, 0.25) is 0 Å². The van der Waals surface area contributed by atoms with E-state index in [1.165, 1.54) is 17.7 Å². The predicted molar refractivity (Wildman–Crippen MR) is 178 cm³/mol. The van der Waals surface area contributed by atoms with Gasteiger partial charge in [0.25, 0.3) is 0 Å². The average Bonchev–Trinajstić information content (AvgIpc) is 3.39. The lowest BCUT2D eigenvalue weighted by Crippen LogP contribution is -2.40. The Morgan fingerprint density at radius 1 is 1.13 bits per heavy atom. The number of fused-ring (bicyclic) bond motifs is 1. The van der Waals surface area contributed by atoms with Crippen LogP contribution in [0.1, 0.15) is 88.6 Å². The van der Waals surface area contributed by atoms with Crippen molar-refractivity contribution in [3.05, 3.63) is 53.0 Å². The van der Waals surface area contributed by atoms with Gasteiger partial charge in [0.1, 0.15) is 5.82 Å². The Morgan fingerprint density at radius 3 is 2.64 bits per heavy atom. The molecule has 0 bridgehead atoms. The fraction of sp³-hybridized carbons (Fsp3) is 0.611. The largest absolute Gasteiger partial charge is 0.491 e. The number of aryl methyl sites for hydroxylation is 2. The molecule has 1 aromatic heterocycles. The molecular formula is C36H50FN5O5. The molecule has 0 spiro atoms. The second-order valence-electron chi connectivity index (χ2n) is 14.4. The highest BCUT2D eigenvalue weighted by atomic mass is 19.1. The monoisotopic (exact) mass is 651 g/mol. The molecule has 11 heteroatoms. The Morgan fingerprint density at radius 2 is 1.91 bits per heavy atom. The van der Waals surface area contributed by atoms with Crippen molar-refractivity contribution in [2.24, 2.45) is 11.3 Å². The minimum Gasteiger partial charge on any atom is -0.491 e. The summed E-state index contributed by atoms with van der Waals surface area (Å²) in [6, 6.07) is 7.66. The summed E-state index contributed by atoms with van der Waals surface area (Å²) < 4.78 is 21.0. The highest BCUT2D eigenvalue weighted by Crippen LogP contribution is 2.32. The second kappa shape index (κ2) is 15.3. The van der Waals surface area contributed by atoms with E-state index < -0.39 is 17.8 Å². The van der Waals surface area contributed by atoms with Gasteiger partial charge in [0.15, 0.2) is 11.6 Å². The van der Waals surface area contributed by atoms with Crippen LogP contribution in [0.5, 0.6) is 5.75 Å². The van der Waals surface area contributed by atoms with Crippen LogP contribution in [0.3, 0.4) is 0 Å². The number of nitrogens with one attached hydrogen (secondary N) is 1. The number of piperidine rings is 1. The van der Waals surface area contributed by atoms with Gasteiger partial charge in [0.05, 0.1) is 19.1 Å². The van der Waals surface area contributed by atoms with Crippen LogP contribution in [-0.2, 0) is 22.4 Å². The number of benzene rings is 1. The highest BCUT2D eigenvalue weighted by molar-refractivity contribution is 5.78. The number of pyridine rings is 1. The molecule has 1 atom stereocenters. The van der Waals surface area contributed by atoms with E-state index >= 15 is 4.39 Å². The number of urea groups is 1. The lowest BCUT2D eigenvalue weighted by atomic mass is 9.89. The van der Waals surface area contributed by atoms with Crippen molar-refractivity contribution < 1.29 is 28.6 Å². The molecule has 47 heavy (non-hydrogen) atoms. The van der Waals surface area contributed by atoms with Crippen molar-refractivity contribution in [2.45, 2.75) is 84.6 Å². The first-order valence-electron chi connectivity index (χ1n) is 17.2. The Bertz CT molecular complexity index is 1420. The lowest BCUT2D eigenvalue weighted by molar-refractivity contribution is -0.138. The van der Waals surface area contributed by atoms with Crippen LogP contribution in [-0.4, -0.2) is 88.6 Å². The van der Waals surface area contributed by atoms with E-state index in [1.54, 1.807) is 15.9 Å². The Kier molecular flexibility index (Phi) is 11.2. The summed E-state index contributed by atoms with van der Waals surface area (Å²) in [6.07, 6.45) is 6.42. The van der Waals surface area contributed by atoms with E-state index in [1.807, 2.05) is 4.90 Å². The second-order valence-corrected chi connectivity index (χ2v) is 14.4. The number of rotatable bonds is 13. The molecule has 0 radical (unpaired) electrons. The van der Waals surface area contributed by atoms with Gasteiger partial charge in [0, 0.05) is 51.4 Å². The third-order valence-electron chi connectivity index (χ3n) is 9.46. The van der Waals surface area contributed by atoms with Gasteiger partial charge in [-0.25, -0.2) is 14.2 Å². The van der Waals surface area contributed by atoms with Crippen molar-refractivity contribution in [2.75, 3.05) is 51.2 Å². The number of halogens is 1. The maximum atomic E-state index is 15.2. The number of carbonyl (C=O) groups is 3. The fourth-order valence-electron chi connectivity index (χ4n) is 6.84. The third kappa shape index (κ3) is 9.35. The summed E-state index contributed by atoms with van der Waals surface area (Å²) in [4.78, 5) is 47.7. The number of likely N-dealkylation sites (tertiary alicyclic amines) is 1. The van der Waals surface area contributed by atoms with Crippen molar-refractivity contribution in [1.29, 1.82) is 0 Å². The molecule has 0 unspecified atom stereocenters.